The third-order valence-corrected chi connectivity index (χ3v) is 8.32. The van der Waals surface area contributed by atoms with E-state index in [4.69, 9.17) is 4.74 Å². The van der Waals surface area contributed by atoms with Crippen molar-refractivity contribution in [2.45, 2.75) is 96.3 Å². The van der Waals surface area contributed by atoms with Crippen LogP contribution in [-0.2, 0) is 10.2 Å². The zero-order valence-corrected chi connectivity index (χ0v) is 20.6. The number of carbonyl (C=O) groups excluding carboxylic acids is 1. The number of hydrogen-bond acceptors (Lipinski definition) is 2. The molecule has 0 saturated heterocycles. The molecule has 33 heavy (non-hydrogen) atoms. The molecule has 3 fully saturated rings. The summed E-state index contributed by atoms with van der Waals surface area (Å²) in [6.45, 7) is 4.40. The number of benzene rings is 2. The molecule has 0 heterocycles. The van der Waals surface area contributed by atoms with Crippen molar-refractivity contribution in [1.82, 2.24) is 0 Å². The summed E-state index contributed by atoms with van der Waals surface area (Å²) in [7, 11) is 0. The maximum Gasteiger partial charge on any atom is 0.335 e. The van der Waals surface area contributed by atoms with Crippen molar-refractivity contribution >= 4 is 5.97 Å². The summed E-state index contributed by atoms with van der Waals surface area (Å²) in [5.41, 5.74) is 4.99. The summed E-state index contributed by atoms with van der Waals surface area (Å²) >= 11 is 0. The smallest absolute Gasteiger partial charge is 0.335 e. The molecule has 2 aromatic carbocycles. The third-order valence-electron chi connectivity index (χ3n) is 8.32. The number of unbranched alkanes of at least 4 members (excludes halogenated alkanes) is 3. The van der Waals surface area contributed by atoms with E-state index in [0.717, 1.165) is 18.4 Å². The highest BCUT2D eigenvalue weighted by atomic mass is 16.5. The Balaban J connectivity index is 1.37. The minimum atomic E-state index is -0.311. The van der Waals surface area contributed by atoms with Crippen LogP contribution in [0.5, 0.6) is 5.75 Å². The van der Waals surface area contributed by atoms with Crippen molar-refractivity contribution in [1.29, 1.82) is 0 Å². The van der Waals surface area contributed by atoms with Gasteiger partial charge in [-0.15, -0.1) is 0 Å². The molecule has 0 spiro atoms. The molecular formula is C31H40O2. The van der Waals surface area contributed by atoms with Crippen LogP contribution in [0.4, 0.5) is 0 Å². The second-order valence-electron chi connectivity index (χ2n) is 10.5. The fourth-order valence-electron chi connectivity index (χ4n) is 6.05. The lowest BCUT2D eigenvalue weighted by atomic mass is 9.51. The molecule has 0 radical (unpaired) electrons. The molecule has 0 aliphatic heterocycles. The van der Waals surface area contributed by atoms with Crippen molar-refractivity contribution in [2.24, 2.45) is 5.41 Å². The monoisotopic (exact) mass is 444 g/mol. The predicted octanol–water partition coefficient (Wildman–Crippen LogP) is 8.79. The number of rotatable bonds is 10. The molecular weight excluding hydrogens is 404 g/mol. The molecule has 0 N–H and O–H groups in total. The van der Waals surface area contributed by atoms with Crippen LogP contribution in [0.2, 0.25) is 0 Å². The van der Waals surface area contributed by atoms with Gasteiger partial charge >= 0.3 is 5.97 Å². The second-order valence-corrected chi connectivity index (χ2v) is 10.5. The van der Waals surface area contributed by atoms with Crippen LogP contribution in [0.25, 0.3) is 11.1 Å². The zero-order valence-electron chi connectivity index (χ0n) is 20.6. The molecule has 0 unspecified atom stereocenters. The van der Waals surface area contributed by atoms with E-state index >= 15 is 0 Å². The Bertz CT molecular complexity index is 911. The van der Waals surface area contributed by atoms with Gasteiger partial charge in [-0.3, -0.25) is 0 Å². The minimum Gasteiger partial charge on any atom is -0.423 e. The van der Waals surface area contributed by atoms with Gasteiger partial charge in [0.25, 0.3) is 0 Å². The van der Waals surface area contributed by atoms with E-state index in [0.29, 0.717) is 16.6 Å². The standard InChI is InChI=1S/C31H40O2/c1-3-5-7-9-29(32)33-28-16-12-26(13-17-28)25-10-14-27(15-11-25)31-22-19-30(20-23-31,21-24-31)18-8-6-4-2/h7,9-17H,3-6,8,18-24H2,1-2H3. The second kappa shape index (κ2) is 10.7. The van der Waals surface area contributed by atoms with Crippen LogP contribution in [0, 0.1) is 5.41 Å². The summed E-state index contributed by atoms with van der Waals surface area (Å²) in [5.74, 6) is 0.279. The van der Waals surface area contributed by atoms with Gasteiger partial charge in [-0.2, -0.15) is 0 Å². The number of fused-ring (bicyclic) bond motifs is 3. The van der Waals surface area contributed by atoms with Crippen molar-refractivity contribution in [3.63, 3.8) is 0 Å². The van der Waals surface area contributed by atoms with E-state index < -0.39 is 0 Å². The molecule has 176 valence electrons. The highest BCUT2D eigenvalue weighted by Gasteiger charge is 2.48. The number of carbonyl (C=O) groups is 1. The first-order valence-electron chi connectivity index (χ1n) is 13.2. The Morgan fingerprint density at radius 1 is 0.818 bits per heavy atom. The summed E-state index contributed by atoms with van der Waals surface area (Å²) < 4.78 is 5.40. The van der Waals surface area contributed by atoms with Gasteiger partial charge in [0, 0.05) is 6.08 Å². The molecule has 0 atom stereocenters. The van der Waals surface area contributed by atoms with E-state index in [2.05, 4.69) is 38.1 Å². The molecule has 3 aliphatic rings. The fraction of sp³-hybridized carbons (Fsp3) is 0.516. The van der Waals surface area contributed by atoms with Crippen LogP contribution in [-0.4, -0.2) is 5.97 Å². The molecule has 2 nitrogen and oxygen atoms in total. The Morgan fingerprint density at radius 3 is 2.00 bits per heavy atom. The average Bonchev–Trinajstić information content (AvgIpc) is 2.86. The van der Waals surface area contributed by atoms with Gasteiger partial charge in [-0.1, -0.05) is 82.0 Å². The van der Waals surface area contributed by atoms with Crippen molar-refractivity contribution in [2.75, 3.05) is 0 Å². The lowest BCUT2D eigenvalue weighted by Crippen LogP contribution is -2.44. The van der Waals surface area contributed by atoms with Gasteiger partial charge in [-0.25, -0.2) is 4.79 Å². The quantitative estimate of drug-likeness (QED) is 0.158. The molecule has 5 rings (SSSR count). The third kappa shape index (κ3) is 5.60. The molecule has 0 amide bonds. The number of hydrogen-bond donors (Lipinski definition) is 0. The molecule has 2 bridgehead atoms. The van der Waals surface area contributed by atoms with Crippen LogP contribution >= 0.6 is 0 Å². The van der Waals surface area contributed by atoms with Crippen molar-refractivity contribution in [3.05, 3.63) is 66.2 Å². The SMILES string of the molecule is CCCC=CC(=O)Oc1ccc(-c2ccc(C34CCC(CCCCC)(CC3)CC4)cc2)cc1. The van der Waals surface area contributed by atoms with E-state index in [9.17, 15) is 4.79 Å². The van der Waals surface area contributed by atoms with E-state index in [1.54, 1.807) is 0 Å². The highest BCUT2D eigenvalue weighted by Crippen LogP contribution is 2.59. The molecule has 2 heteroatoms. The molecule has 2 aromatic rings. The molecule has 3 saturated carbocycles. The summed E-state index contributed by atoms with van der Waals surface area (Å²) in [6.07, 6.45) is 19.3. The lowest BCUT2D eigenvalue weighted by molar-refractivity contribution is -0.129. The number of esters is 1. The molecule has 0 aromatic heterocycles. The first-order chi connectivity index (χ1) is 16.1. The largest absolute Gasteiger partial charge is 0.423 e. The Hall–Kier alpha value is -2.35. The lowest BCUT2D eigenvalue weighted by Gasteiger charge is -2.54. The maximum absolute atomic E-state index is 11.9. The van der Waals surface area contributed by atoms with Gasteiger partial charge in [0.1, 0.15) is 5.75 Å². The van der Waals surface area contributed by atoms with Gasteiger partial charge in [0.2, 0.25) is 0 Å². The summed E-state index contributed by atoms with van der Waals surface area (Å²) in [5, 5.41) is 0. The van der Waals surface area contributed by atoms with Gasteiger partial charge in [0.15, 0.2) is 0 Å². The summed E-state index contributed by atoms with van der Waals surface area (Å²) in [4.78, 5) is 11.9. The number of ether oxygens (including phenoxy) is 1. The maximum atomic E-state index is 11.9. The highest BCUT2D eigenvalue weighted by molar-refractivity contribution is 5.84. The minimum absolute atomic E-state index is 0.311. The van der Waals surface area contributed by atoms with Crippen LogP contribution in [0.1, 0.15) is 96.5 Å². The Kier molecular flexibility index (Phi) is 7.73. The van der Waals surface area contributed by atoms with Crippen molar-refractivity contribution < 1.29 is 9.53 Å². The van der Waals surface area contributed by atoms with Gasteiger partial charge in [-0.05, 0) is 91.0 Å². The zero-order chi connectivity index (χ0) is 23.2. The first-order valence-corrected chi connectivity index (χ1v) is 13.2. The summed E-state index contributed by atoms with van der Waals surface area (Å²) in [6, 6.07) is 17.1. The van der Waals surface area contributed by atoms with Gasteiger partial charge in [0.05, 0.1) is 0 Å². The van der Waals surface area contributed by atoms with Gasteiger partial charge < -0.3 is 4.74 Å². The number of allylic oxidation sites excluding steroid dienone is 1. The van der Waals surface area contributed by atoms with E-state index in [1.165, 1.54) is 81.4 Å². The molecule has 3 aliphatic carbocycles. The predicted molar refractivity (Wildman–Crippen MR) is 138 cm³/mol. The van der Waals surface area contributed by atoms with E-state index in [1.807, 2.05) is 30.3 Å². The normalized spacial score (nSPS) is 24.3. The Labute approximate surface area is 200 Å². The van der Waals surface area contributed by atoms with Crippen LogP contribution in [0.3, 0.4) is 0 Å². The van der Waals surface area contributed by atoms with Crippen LogP contribution in [0.15, 0.2) is 60.7 Å². The van der Waals surface area contributed by atoms with Crippen molar-refractivity contribution in [3.8, 4) is 16.9 Å². The Morgan fingerprint density at radius 2 is 1.42 bits per heavy atom. The first kappa shape index (κ1) is 23.8. The topological polar surface area (TPSA) is 26.3 Å². The van der Waals surface area contributed by atoms with Crippen LogP contribution < -0.4 is 4.74 Å². The fourth-order valence-corrected chi connectivity index (χ4v) is 6.05. The van der Waals surface area contributed by atoms with E-state index in [-0.39, 0.29) is 5.97 Å². The average molecular weight is 445 g/mol.